The SMILES string of the molecule is CC(C)CNC(=O)CN(C)C(C)CCN. The van der Waals surface area contributed by atoms with Gasteiger partial charge in [0.25, 0.3) is 0 Å². The molecule has 1 unspecified atom stereocenters. The van der Waals surface area contributed by atoms with Gasteiger partial charge in [0.05, 0.1) is 6.54 Å². The molecule has 0 rings (SSSR count). The zero-order valence-corrected chi connectivity index (χ0v) is 10.4. The summed E-state index contributed by atoms with van der Waals surface area (Å²) >= 11 is 0. The van der Waals surface area contributed by atoms with Crippen molar-refractivity contribution in [1.82, 2.24) is 10.2 Å². The van der Waals surface area contributed by atoms with Crippen molar-refractivity contribution in [3.63, 3.8) is 0 Å². The van der Waals surface area contributed by atoms with Gasteiger partial charge in [-0.2, -0.15) is 0 Å². The summed E-state index contributed by atoms with van der Waals surface area (Å²) in [5, 5.41) is 2.90. The highest BCUT2D eigenvalue weighted by atomic mass is 16.2. The maximum atomic E-state index is 11.5. The van der Waals surface area contributed by atoms with Gasteiger partial charge < -0.3 is 11.1 Å². The van der Waals surface area contributed by atoms with E-state index in [2.05, 4.69) is 26.1 Å². The van der Waals surface area contributed by atoms with Crippen molar-refractivity contribution in [3.8, 4) is 0 Å². The number of carbonyl (C=O) groups is 1. The summed E-state index contributed by atoms with van der Waals surface area (Å²) in [6.45, 7) is 8.12. The van der Waals surface area contributed by atoms with Crippen LogP contribution in [0.5, 0.6) is 0 Å². The van der Waals surface area contributed by atoms with E-state index in [1.807, 2.05) is 11.9 Å². The fourth-order valence-electron chi connectivity index (χ4n) is 1.22. The summed E-state index contributed by atoms with van der Waals surface area (Å²) in [5.41, 5.74) is 5.47. The standard InChI is InChI=1S/C11H25N3O/c1-9(2)7-13-11(15)8-14(4)10(3)5-6-12/h9-10H,5-8,12H2,1-4H3,(H,13,15). The zero-order chi connectivity index (χ0) is 11.8. The molecule has 90 valence electrons. The van der Waals surface area contributed by atoms with Gasteiger partial charge in [0, 0.05) is 12.6 Å². The molecule has 0 spiro atoms. The molecule has 4 heteroatoms. The lowest BCUT2D eigenvalue weighted by atomic mass is 10.2. The Morgan fingerprint density at radius 2 is 2.00 bits per heavy atom. The summed E-state index contributed by atoms with van der Waals surface area (Å²) in [7, 11) is 1.95. The average molecular weight is 215 g/mol. The summed E-state index contributed by atoms with van der Waals surface area (Å²) in [4.78, 5) is 13.5. The van der Waals surface area contributed by atoms with Gasteiger partial charge in [0.1, 0.15) is 0 Å². The lowest BCUT2D eigenvalue weighted by molar-refractivity contribution is -0.122. The van der Waals surface area contributed by atoms with Crippen LogP contribution in [0.15, 0.2) is 0 Å². The van der Waals surface area contributed by atoms with Crippen LogP contribution in [-0.2, 0) is 4.79 Å². The Morgan fingerprint density at radius 3 is 2.47 bits per heavy atom. The number of rotatable bonds is 7. The molecule has 0 bridgehead atoms. The quantitative estimate of drug-likeness (QED) is 0.647. The van der Waals surface area contributed by atoms with Crippen molar-refractivity contribution in [3.05, 3.63) is 0 Å². The molecule has 1 atom stereocenters. The Balaban J connectivity index is 3.75. The van der Waals surface area contributed by atoms with E-state index in [-0.39, 0.29) is 5.91 Å². The van der Waals surface area contributed by atoms with E-state index >= 15 is 0 Å². The molecular weight excluding hydrogens is 190 g/mol. The first-order chi connectivity index (χ1) is 6.97. The van der Waals surface area contributed by atoms with Crippen molar-refractivity contribution >= 4 is 5.91 Å². The smallest absolute Gasteiger partial charge is 0.234 e. The van der Waals surface area contributed by atoms with Gasteiger partial charge in [-0.15, -0.1) is 0 Å². The summed E-state index contributed by atoms with van der Waals surface area (Å²) < 4.78 is 0. The van der Waals surface area contributed by atoms with Gasteiger partial charge in [-0.3, -0.25) is 9.69 Å². The van der Waals surface area contributed by atoms with Gasteiger partial charge in [-0.1, -0.05) is 13.8 Å². The first-order valence-corrected chi connectivity index (χ1v) is 5.64. The van der Waals surface area contributed by atoms with E-state index in [1.54, 1.807) is 0 Å². The summed E-state index contributed by atoms with van der Waals surface area (Å²) in [6.07, 6.45) is 0.925. The number of nitrogens with one attached hydrogen (secondary N) is 1. The Bertz CT molecular complexity index is 183. The van der Waals surface area contributed by atoms with Gasteiger partial charge in [-0.25, -0.2) is 0 Å². The molecule has 0 aromatic carbocycles. The highest BCUT2D eigenvalue weighted by molar-refractivity contribution is 5.77. The topological polar surface area (TPSA) is 58.4 Å². The number of hydrogen-bond acceptors (Lipinski definition) is 3. The Kier molecular flexibility index (Phi) is 7.34. The molecule has 0 heterocycles. The van der Waals surface area contributed by atoms with Crippen molar-refractivity contribution in [2.45, 2.75) is 33.2 Å². The van der Waals surface area contributed by atoms with Crippen LogP contribution in [0.25, 0.3) is 0 Å². The maximum Gasteiger partial charge on any atom is 0.234 e. The normalized spacial score (nSPS) is 13.3. The molecule has 0 aliphatic rings. The maximum absolute atomic E-state index is 11.5. The minimum atomic E-state index is 0.0927. The van der Waals surface area contributed by atoms with Crippen molar-refractivity contribution in [2.24, 2.45) is 11.7 Å². The summed E-state index contributed by atoms with van der Waals surface area (Å²) in [6, 6.07) is 0.361. The van der Waals surface area contributed by atoms with E-state index in [4.69, 9.17) is 5.73 Å². The molecule has 4 nitrogen and oxygen atoms in total. The Morgan fingerprint density at radius 1 is 1.40 bits per heavy atom. The molecule has 3 N–H and O–H groups in total. The minimum absolute atomic E-state index is 0.0927. The largest absolute Gasteiger partial charge is 0.355 e. The molecule has 1 amide bonds. The first kappa shape index (κ1) is 14.4. The van der Waals surface area contributed by atoms with Crippen LogP contribution in [0.4, 0.5) is 0 Å². The average Bonchev–Trinajstić information content (AvgIpc) is 2.15. The van der Waals surface area contributed by atoms with E-state index in [0.717, 1.165) is 13.0 Å². The van der Waals surface area contributed by atoms with Crippen LogP contribution < -0.4 is 11.1 Å². The van der Waals surface area contributed by atoms with E-state index in [0.29, 0.717) is 25.0 Å². The van der Waals surface area contributed by atoms with E-state index < -0.39 is 0 Å². The third-order valence-electron chi connectivity index (χ3n) is 2.44. The van der Waals surface area contributed by atoms with Crippen LogP contribution in [0.2, 0.25) is 0 Å². The predicted molar refractivity (Wildman–Crippen MR) is 63.6 cm³/mol. The van der Waals surface area contributed by atoms with Crippen LogP contribution in [0, 0.1) is 5.92 Å². The lowest BCUT2D eigenvalue weighted by Crippen LogP contribution is -2.41. The number of carbonyl (C=O) groups excluding carboxylic acids is 1. The first-order valence-electron chi connectivity index (χ1n) is 5.64. The molecule has 0 radical (unpaired) electrons. The third kappa shape index (κ3) is 7.33. The fourth-order valence-corrected chi connectivity index (χ4v) is 1.22. The van der Waals surface area contributed by atoms with Gasteiger partial charge in [-0.05, 0) is 32.9 Å². The Labute approximate surface area is 93.2 Å². The molecule has 0 fully saturated rings. The second-order valence-electron chi connectivity index (χ2n) is 4.54. The number of hydrogen-bond donors (Lipinski definition) is 2. The number of nitrogens with zero attached hydrogens (tertiary/aromatic N) is 1. The molecular formula is C11H25N3O. The molecule has 0 aromatic rings. The van der Waals surface area contributed by atoms with Gasteiger partial charge in [0.15, 0.2) is 0 Å². The highest BCUT2D eigenvalue weighted by Gasteiger charge is 2.12. The number of amides is 1. The van der Waals surface area contributed by atoms with E-state index in [1.165, 1.54) is 0 Å². The predicted octanol–water partition coefficient (Wildman–Crippen LogP) is 0.428. The van der Waals surface area contributed by atoms with Crippen LogP contribution in [0.1, 0.15) is 27.2 Å². The third-order valence-corrected chi connectivity index (χ3v) is 2.44. The fraction of sp³-hybridized carbons (Fsp3) is 0.909. The van der Waals surface area contributed by atoms with E-state index in [9.17, 15) is 4.79 Å². The van der Waals surface area contributed by atoms with Crippen molar-refractivity contribution in [1.29, 1.82) is 0 Å². The van der Waals surface area contributed by atoms with Gasteiger partial charge in [0.2, 0.25) is 5.91 Å². The molecule has 15 heavy (non-hydrogen) atoms. The lowest BCUT2D eigenvalue weighted by Gasteiger charge is -2.23. The molecule has 0 saturated heterocycles. The zero-order valence-electron chi connectivity index (χ0n) is 10.4. The number of nitrogens with two attached hydrogens (primary N) is 1. The van der Waals surface area contributed by atoms with Gasteiger partial charge >= 0.3 is 0 Å². The molecule has 0 aliphatic heterocycles. The summed E-state index contributed by atoms with van der Waals surface area (Å²) in [5.74, 6) is 0.593. The van der Waals surface area contributed by atoms with Crippen LogP contribution in [-0.4, -0.2) is 43.5 Å². The van der Waals surface area contributed by atoms with Crippen molar-refractivity contribution in [2.75, 3.05) is 26.7 Å². The Hall–Kier alpha value is -0.610. The van der Waals surface area contributed by atoms with Crippen molar-refractivity contribution < 1.29 is 4.79 Å². The second kappa shape index (κ2) is 7.65. The molecule has 0 saturated carbocycles. The number of likely N-dealkylation sites (N-methyl/N-ethyl adjacent to an activating group) is 1. The minimum Gasteiger partial charge on any atom is -0.355 e. The van der Waals surface area contributed by atoms with Crippen LogP contribution >= 0.6 is 0 Å². The second-order valence-corrected chi connectivity index (χ2v) is 4.54. The van der Waals surface area contributed by atoms with Crippen LogP contribution in [0.3, 0.4) is 0 Å². The highest BCUT2D eigenvalue weighted by Crippen LogP contribution is 1.98. The molecule has 0 aliphatic carbocycles. The monoisotopic (exact) mass is 215 g/mol. The molecule has 0 aromatic heterocycles.